The second-order valence-corrected chi connectivity index (χ2v) is 7.98. The number of esters is 1. The summed E-state index contributed by atoms with van der Waals surface area (Å²) in [5.41, 5.74) is 2.77. The quantitative estimate of drug-likeness (QED) is 0.535. The third-order valence-corrected chi connectivity index (χ3v) is 5.89. The number of hydrogen-bond donors (Lipinski definition) is 2. The van der Waals surface area contributed by atoms with Crippen molar-refractivity contribution in [3.63, 3.8) is 0 Å². The number of benzene rings is 2. The van der Waals surface area contributed by atoms with E-state index in [1.54, 1.807) is 36.0 Å². The van der Waals surface area contributed by atoms with Crippen LogP contribution in [-0.2, 0) is 14.9 Å². The number of nitrogens with zero attached hydrogens (tertiary/aromatic N) is 2. The first-order valence-electron chi connectivity index (χ1n) is 11.1. The number of aromatic nitrogens is 2. The fourth-order valence-electron chi connectivity index (χ4n) is 4.03. The lowest BCUT2D eigenvalue weighted by Crippen LogP contribution is -2.45. The molecule has 2 amide bonds. The third kappa shape index (κ3) is 5.40. The van der Waals surface area contributed by atoms with E-state index in [2.05, 4.69) is 27.9 Å². The molecule has 2 heterocycles. The number of carbonyl (C=O) groups is 2. The predicted octanol–water partition coefficient (Wildman–Crippen LogP) is 3.92. The second kappa shape index (κ2) is 10.3. The Kier molecular flexibility index (Phi) is 7.04. The van der Waals surface area contributed by atoms with E-state index >= 15 is 0 Å². The molecule has 172 valence electrons. The molecule has 0 radical (unpaired) electrons. The molecule has 2 N–H and O–H groups in total. The number of hydrogen-bond acceptors (Lipinski definition) is 5. The molecule has 8 heteroatoms. The van der Waals surface area contributed by atoms with Crippen LogP contribution in [0.25, 0.3) is 5.69 Å². The number of ether oxygens (including phenoxy) is 2. The van der Waals surface area contributed by atoms with Gasteiger partial charge in [-0.25, -0.2) is 14.3 Å². The smallest absolute Gasteiger partial charge is 0.358 e. The SMILES string of the molecule is CCOC(=O)c1ccn(-c2ccc(NC(=O)NCC3(c4ccccc4)CCOCC3)cc2)n1. The van der Waals surface area contributed by atoms with E-state index in [-0.39, 0.29) is 17.1 Å². The van der Waals surface area contributed by atoms with Crippen LogP contribution in [0.3, 0.4) is 0 Å². The van der Waals surface area contributed by atoms with Crippen LogP contribution < -0.4 is 10.6 Å². The summed E-state index contributed by atoms with van der Waals surface area (Å²) in [5.74, 6) is -0.455. The van der Waals surface area contributed by atoms with Gasteiger partial charge in [-0.05, 0) is 55.7 Å². The van der Waals surface area contributed by atoms with Gasteiger partial charge in [-0.2, -0.15) is 5.10 Å². The lowest BCUT2D eigenvalue weighted by molar-refractivity contribution is 0.0508. The molecule has 2 aromatic carbocycles. The molecule has 1 saturated heterocycles. The van der Waals surface area contributed by atoms with Gasteiger partial charge in [-0.1, -0.05) is 30.3 Å². The van der Waals surface area contributed by atoms with Crippen molar-refractivity contribution in [2.45, 2.75) is 25.2 Å². The molecule has 0 unspecified atom stereocenters. The Hall–Kier alpha value is -3.65. The number of urea groups is 1. The standard InChI is InChI=1S/C25H28N4O4/c1-2-33-23(30)22-12-15-29(28-22)21-10-8-20(9-11-21)27-24(31)26-18-25(13-16-32-17-14-25)19-6-4-3-5-7-19/h3-12,15H,2,13-14,16-18H2,1H3,(H2,26,27,31). The highest BCUT2D eigenvalue weighted by Gasteiger charge is 2.34. The largest absolute Gasteiger partial charge is 0.461 e. The lowest BCUT2D eigenvalue weighted by Gasteiger charge is -2.38. The first kappa shape index (κ1) is 22.5. The van der Waals surface area contributed by atoms with Gasteiger partial charge in [0, 0.05) is 37.1 Å². The van der Waals surface area contributed by atoms with Crippen molar-refractivity contribution in [1.29, 1.82) is 0 Å². The number of anilines is 1. The third-order valence-electron chi connectivity index (χ3n) is 5.89. The number of nitrogens with one attached hydrogen (secondary N) is 2. The normalized spacial score (nSPS) is 14.9. The van der Waals surface area contributed by atoms with Crippen LogP contribution in [0.2, 0.25) is 0 Å². The molecule has 1 aliphatic rings. The van der Waals surface area contributed by atoms with E-state index in [1.807, 2.05) is 30.3 Å². The molecule has 1 aromatic heterocycles. The summed E-state index contributed by atoms with van der Waals surface area (Å²) < 4.78 is 12.1. The van der Waals surface area contributed by atoms with Gasteiger partial charge in [-0.3, -0.25) is 0 Å². The van der Waals surface area contributed by atoms with E-state index in [9.17, 15) is 9.59 Å². The first-order chi connectivity index (χ1) is 16.1. The van der Waals surface area contributed by atoms with Crippen LogP contribution in [-0.4, -0.2) is 48.1 Å². The van der Waals surface area contributed by atoms with Crippen LogP contribution in [0.1, 0.15) is 35.8 Å². The summed E-state index contributed by atoms with van der Waals surface area (Å²) in [5, 5.41) is 10.2. The van der Waals surface area contributed by atoms with Crippen LogP contribution in [0.4, 0.5) is 10.5 Å². The van der Waals surface area contributed by atoms with E-state index in [0.717, 1.165) is 18.5 Å². The van der Waals surface area contributed by atoms with E-state index in [0.29, 0.717) is 32.1 Å². The Balaban J connectivity index is 1.36. The van der Waals surface area contributed by atoms with Gasteiger partial charge in [0.1, 0.15) is 0 Å². The summed E-state index contributed by atoms with van der Waals surface area (Å²) in [6, 6.07) is 18.9. The van der Waals surface area contributed by atoms with Crippen LogP contribution >= 0.6 is 0 Å². The van der Waals surface area contributed by atoms with Gasteiger partial charge < -0.3 is 20.1 Å². The maximum atomic E-state index is 12.6. The Morgan fingerprint density at radius 3 is 2.48 bits per heavy atom. The van der Waals surface area contributed by atoms with Crippen molar-refractivity contribution in [3.05, 3.63) is 78.1 Å². The van der Waals surface area contributed by atoms with Crippen molar-refractivity contribution in [2.75, 3.05) is 31.7 Å². The summed E-state index contributed by atoms with van der Waals surface area (Å²) in [7, 11) is 0. The maximum absolute atomic E-state index is 12.6. The zero-order valence-electron chi connectivity index (χ0n) is 18.6. The molecule has 33 heavy (non-hydrogen) atoms. The molecule has 0 saturated carbocycles. The van der Waals surface area contributed by atoms with Gasteiger partial charge in [0.15, 0.2) is 5.69 Å². The fourth-order valence-corrected chi connectivity index (χ4v) is 4.03. The molecule has 1 fully saturated rings. The second-order valence-electron chi connectivity index (χ2n) is 7.98. The number of amides is 2. The molecular weight excluding hydrogens is 420 g/mol. The van der Waals surface area contributed by atoms with Crippen molar-refractivity contribution >= 4 is 17.7 Å². The minimum absolute atomic E-state index is 0.128. The Labute approximate surface area is 192 Å². The van der Waals surface area contributed by atoms with Gasteiger partial charge in [0.2, 0.25) is 0 Å². The highest BCUT2D eigenvalue weighted by molar-refractivity contribution is 5.89. The van der Waals surface area contributed by atoms with Gasteiger partial charge >= 0.3 is 12.0 Å². The van der Waals surface area contributed by atoms with E-state index in [4.69, 9.17) is 9.47 Å². The van der Waals surface area contributed by atoms with E-state index in [1.165, 1.54) is 5.56 Å². The number of rotatable bonds is 7. The Morgan fingerprint density at radius 2 is 1.79 bits per heavy atom. The minimum Gasteiger partial charge on any atom is -0.461 e. The average Bonchev–Trinajstić information content (AvgIpc) is 3.35. The monoisotopic (exact) mass is 448 g/mol. The Morgan fingerprint density at radius 1 is 1.06 bits per heavy atom. The van der Waals surface area contributed by atoms with Gasteiger partial charge in [0.25, 0.3) is 0 Å². The molecule has 0 spiro atoms. The lowest BCUT2D eigenvalue weighted by atomic mass is 9.74. The van der Waals surface area contributed by atoms with Gasteiger partial charge in [0.05, 0.1) is 12.3 Å². The van der Waals surface area contributed by atoms with E-state index < -0.39 is 5.97 Å². The van der Waals surface area contributed by atoms with Crippen LogP contribution in [0.15, 0.2) is 66.9 Å². The average molecular weight is 449 g/mol. The van der Waals surface area contributed by atoms with Gasteiger partial charge in [-0.15, -0.1) is 0 Å². The molecule has 0 atom stereocenters. The summed E-state index contributed by atoms with van der Waals surface area (Å²) in [4.78, 5) is 24.4. The Bertz CT molecular complexity index is 1070. The van der Waals surface area contributed by atoms with Crippen LogP contribution in [0, 0.1) is 0 Å². The predicted molar refractivity (Wildman–Crippen MR) is 125 cm³/mol. The maximum Gasteiger partial charge on any atom is 0.358 e. The zero-order chi connectivity index (χ0) is 23.1. The molecule has 1 aliphatic heterocycles. The highest BCUT2D eigenvalue weighted by Crippen LogP contribution is 2.34. The summed E-state index contributed by atoms with van der Waals surface area (Å²) in [6.07, 6.45) is 3.42. The first-order valence-corrected chi connectivity index (χ1v) is 11.1. The van der Waals surface area contributed by atoms with Crippen molar-refractivity contribution in [1.82, 2.24) is 15.1 Å². The molecule has 3 aromatic rings. The minimum atomic E-state index is -0.455. The molecule has 0 aliphatic carbocycles. The highest BCUT2D eigenvalue weighted by atomic mass is 16.5. The van der Waals surface area contributed by atoms with Crippen molar-refractivity contribution in [2.24, 2.45) is 0 Å². The van der Waals surface area contributed by atoms with Crippen LogP contribution in [0.5, 0.6) is 0 Å². The molecule has 0 bridgehead atoms. The summed E-state index contributed by atoms with van der Waals surface area (Å²) >= 11 is 0. The molecular formula is C25H28N4O4. The van der Waals surface area contributed by atoms with Crippen molar-refractivity contribution < 1.29 is 19.1 Å². The zero-order valence-corrected chi connectivity index (χ0v) is 18.6. The molecule has 4 rings (SSSR count). The number of carbonyl (C=O) groups excluding carboxylic acids is 2. The topological polar surface area (TPSA) is 94.5 Å². The van der Waals surface area contributed by atoms with Crippen molar-refractivity contribution in [3.8, 4) is 5.69 Å². The molecule has 8 nitrogen and oxygen atoms in total. The summed E-state index contributed by atoms with van der Waals surface area (Å²) in [6.45, 7) is 3.96. The fraction of sp³-hybridized carbons (Fsp3) is 0.320.